The van der Waals surface area contributed by atoms with Gasteiger partial charge in [0.1, 0.15) is 0 Å². The molecule has 2 aromatic carbocycles. The van der Waals surface area contributed by atoms with Crippen LogP contribution in [0.1, 0.15) is 49.5 Å². The fraction of sp³-hybridized carbons (Fsp3) is 0.333. The van der Waals surface area contributed by atoms with Gasteiger partial charge in [-0.15, -0.1) is 11.3 Å². The largest absolute Gasteiger partial charge is 1.00 e. The minimum Gasteiger partial charge on any atom is -1.00 e. The summed E-state index contributed by atoms with van der Waals surface area (Å²) in [6, 6.07) is 18.5. The molecule has 0 spiro atoms. The molecule has 2 bridgehead atoms. The van der Waals surface area contributed by atoms with Crippen LogP contribution in [-0.2, 0) is 24.7 Å². The molecule has 0 saturated heterocycles. The van der Waals surface area contributed by atoms with Crippen molar-refractivity contribution in [2.24, 2.45) is 0 Å². The Bertz CT molecular complexity index is 1360. The third kappa shape index (κ3) is 4.85. The molecule has 4 aliphatic rings. The Morgan fingerprint density at radius 1 is 0.889 bits per heavy atom. The van der Waals surface area contributed by atoms with E-state index in [9.17, 15) is 0 Å². The molecular formula is C30H35Cl2SSi2Zr. The minimum atomic E-state index is -1.21. The molecule has 187 valence electrons. The first-order chi connectivity index (χ1) is 15.9. The molecule has 0 saturated carbocycles. The molecule has 36 heavy (non-hydrogen) atoms. The number of allylic oxidation sites excluding steroid dienone is 2. The van der Waals surface area contributed by atoms with Crippen molar-refractivity contribution in [3.63, 3.8) is 0 Å². The van der Waals surface area contributed by atoms with E-state index in [1.165, 1.54) is 37.9 Å². The molecule has 0 fully saturated rings. The summed E-state index contributed by atoms with van der Waals surface area (Å²) in [5.41, 5.74) is 11.4. The average Bonchev–Trinajstić information content (AvgIpc) is 3.41. The molecule has 2 atom stereocenters. The molecular weight excluding hydrogens is 611 g/mol. The quantitative estimate of drug-likeness (QED) is 0.377. The molecule has 7 rings (SSSR count). The number of hydrogen-bond donors (Lipinski definition) is 0. The summed E-state index contributed by atoms with van der Waals surface area (Å²) in [6.45, 7) is 19.1. The number of halogens is 2. The van der Waals surface area contributed by atoms with E-state index in [4.69, 9.17) is 0 Å². The first-order valence-corrected chi connectivity index (χ1v) is 21.2. The van der Waals surface area contributed by atoms with Crippen molar-refractivity contribution < 1.29 is 49.5 Å². The van der Waals surface area contributed by atoms with Gasteiger partial charge in [-0.25, -0.2) is 0 Å². The molecule has 2 aliphatic carbocycles. The maximum Gasteiger partial charge on any atom is -1.00 e. The first-order valence-electron chi connectivity index (χ1n) is 12.4. The predicted octanol–water partition coefficient (Wildman–Crippen LogP) is 2.64. The Morgan fingerprint density at radius 3 is 2.08 bits per heavy atom. The second kappa shape index (κ2) is 10.6. The second-order valence-electron chi connectivity index (χ2n) is 11.8. The summed E-state index contributed by atoms with van der Waals surface area (Å²) in [5.74, 6) is 0. The zero-order chi connectivity index (χ0) is 24.6. The van der Waals surface area contributed by atoms with Gasteiger partial charge in [0.2, 0.25) is 0 Å². The third-order valence-electron chi connectivity index (χ3n) is 7.95. The van der Waals surface area contributed by atoms with Crippen LogP contribution in [0.3, 0.4) is 0 Å². The summed E-state index contributed by atoms with van der Waals surface area (Å²) in [4.78, 5) is 3.19. The van der Waals surface area contributed by atoms with Gasteiger partial charge in [0, 0.05) is 15.3 Å². The van der Waals surface area contributed by atoms with E-state index in [2.05, 4.69) is 108 Å². The van der Waals surface area contributed by atoms with Crippen LogP contribution in [0.5, 0.6) is 0 Å². The number of rotatable bonds is 2. The number of hydrogen-bond acceptors (Lipinski definition) is 1. The van der Waals surface area contributed by atoms with Gasteiger partial charge >= 0.3 is 145 Å². The van der Waals surface area contributed by atoms with Crippen LogP contribution >= 0.6 is 11.3 Å². The molecule has 6 heteroatoms. The predicted molar refractivity (Wildman–Crippen MR) is 153 cm³/mol. The van der Waals surface area contributed by atoms with Crippen molar-refractivity contribution >= 4 is 43.9 Å². The van der Waals surface area contributed by atoms with Crippen LogP contribution in [0.4, 0.5) is 0 Å². The van der Waals surface area contributed by atoms with Crippen LogP contribution in [0.2, 0.25) is 32.7 Å². The van der Waals surface area contributed by atoms with Crippen molar-refractivity contribution in [1.29, 1.82) is 0 Å². The Hall–Kier alpha value is -0.483. The molecule has 0 radical (unpaired) electrons. The van der Waals surface area contributed by atoms with Crippen LogP contribution < -0.4 is 30.0 Å². The van der Waals surface area contributed by atoms with Crippen molar-refractivity contribution in [1.82, 2.24) is 0 Å². The monoisotopic (exact) mass is 643 g/mol. The summed E-state index contributed by atoms with van der Waals surface area (Å²) in [6.07, 6.45) is 2.39. The van der Waals surface area contributed by atoms with Gasteiger partial charge in [0.15, 0.2) is 0 Å². The van der Waals surface area contributed by atoms with E-state index in [1.54, 1.807) is 45.9 Å². The standard InChI is InChI=1S/C19H21Si.C11H14SSi.2ClH.Zr/c1-14-12-16-6-5-7-18(19(16)13-14)15-8-10-17(11-9-15)20(2,3)4;1-6-5-8-9(12-6)11-7(2)10(8)13(11,3)4;;;/h5-13H,1-4H3;5,11H,1-4H3;2*1H;/q;;;;+2/p-2. The van der Waals surface area contributed by atoms with Gasteiger partial charge in [-0.1, -0.05) is 23.9 Å². The third-order valence-corrected chi connectivity index (χ3v) is 17.3. The van der Waals surface area contributed by atoms with Crippen molar-refractivity contribution in [2.45, 2.75) is 62.7 Å². The van der Waals surface area contributed by atoms with E-state index in [1.807, 2.05) is 11.3 Å². The Labute approximate surface area is 251 Å². The minimum absolute atomic E-state index is 0. The molecule has 2 unspecified atom stereocenters. The van der Waals surface area contributed by atoms with Gasteiger partial charge in [0.05, 0.1) is 8.07 Å². The van der Waals surface area contributed by atoms with Crippen LogP contribution in [0, 0.1) is 6.92 Å². The van der Waals surface area contributed by atoms with E-state index in [0.717, 1.165) is 5.54 Å². The molecule has 3 aromatic rings. The molecule has 0 nitrogen and oxygen atoms in total. The maximum atomic E-state index is 2.52. The Morgan fingerprint density at radius 2 is 1.53 bits per heavy atom. The average molecular weight is 646 g/mol. The molecule has 3 heterocycles. The summed E-state index contributed by atoms with van der Waals surface area (Å²) < 4.78 is 0.647. The Kier molecular flexibility index (Phi) is 8.84. The van der Waals surface area contributed by atoms with Gasteiger partial charge in [0.25, 0.3) is 0 Å². The van der Waals surface area contributed by atoms with Crippen molar-refractivity contribution in [2.75, 3.05) is 0 Å². The molecule has 1 aromatic heterocycles. The van der Waals surface area contributed by atoms with Crippen LogP contribution in [-0.4, -0.2) is 16.1 Å². The van der Waals surface area contributed by atoms with Gasteiger partial charge in [-0.05, 0) is 25.5 Å². The number of thiophene rings is 1. The van der Waals surface area contributed by atoms with E-state index >= 15 is 0 Å². The fourth-order valence-electron chi connectivity index (χ4n) is 6.24. The zero-order valence-corrected chi connectivity index (χ0v) is 29.3. The summed E-state index contributed by atoms with van der Waals surface area (Å²) in [7, 11) is -2.20. The number of benzene rings is 2. The Balaban J connectivity index is 0.000000208. The zero-order valence-electron chi connectivity index (χ0n) is 22.5. The fourth-order valence-corrected chi connectivity index (χ4v) is 14.6. The van der Waals surface area contributed by atoms with Crippen LogP contribution in [0.25, 0.3) is 22.4 Å². The summed E-state index contributed by atoms with van der Waals surface area (Å²) >= 11 is 3.62. The van der Waals surface area contributed by atoms with E-state index in [0.29, 0.717) is 3.63 Å². The van der Waals surface area contributed by atoms with E-state index < -0.39 is 16.1 Å². The molecule has 0 amide bonds. The van der Waals surface area contributed by atoms with E-state index in [-0.39, 0.29) is 24.8 Å². The number of aryl methyl sites for hydroxylation is 1. The summed E-state index contributed by atoms with van der Waals surface area (Å²) in [5, 5.41) is 3.31. The SMILES string of the molecule is CC1=C2c3cc(C)sc3C1[Si]2(C)C.CC1=Cc2c(-c3ccc([Si](C)(C)C)cc3)cccc2[CH]1[Zr+2].[Cl-].[Cl-]. The van der Waals surface area contributed by atoms with Gasteiger partial charge in [-0.2, -0.15) is 0 Å². The van der Waals surface area contributed by atoms with Gasteiger partial charge in [-0.3, -0.25) is 0 Å². The molecule has 2 aliphatic heterocycles. The van der Waals surface area contributed by atoms with Gasteiger partial charge < -0.3 is 24.8 Å². The normalized spacial score (nSPS) is 20.2. The van der Waals surface area contributed by atoms with Crippen molar-refractivity contribution in [3.8, 4) is 11.1 Å². The first kappa shape index (κ1) is 30.1. The smallest absolute Gasteiger partial charge is 1.00 e. The second-order valence-corrected chi connectivity index (χ2v) is 24.1. The molecule has 0 N–H and O–H groups in total. The maximum absolute atomic E-state index is 2.52. The van der Waals surface area contributed by atoms with Crippen LogP contribution in [0.15, 0.2) is 59.7 Å². The van der Waals surface area contributed by atoms with Crippen molar-refractivity contribution in [3.05, 3.63) is 86.1 Å². The topological polar surface area (TPSA) is 0 Å². The number of fused-ring (bicyclic) bond motifs is 1.